The number of nitrogens with one attached hydrogen (secondary N) is 1. The van der Waals surface area contributed by atoms with Crippen LogP contribution >= 0.6 is 11.6 Å². The molecule has 1 fully saturated rings. The van der Waals surface area contributed by atoms with Crippen molar-refractivity contribution in [3.63, 3.8) is 0 Å². The monoisotopic (exact) mass is 332 g/mol. The Bertz CT molecular complexity index is 662. The second-order valence-electron chi connectivity index (χ2n) is 5.27. The Balaban J connectivity index is 2.19. The maximum absolute atomic E-state index is 12.3. The van der Waals surface area contributed by atoms with E-state index in [-0.39, 0.29) is 22.2 Å². The van der Waals surface area contributed by atoms with Crippen LogP contribution in [0.25, 0.3) is 0 Å². The first-order chi connectivity index (χ1) is 9.75. The van der Waals surface area contributed by atoms with E-state index in [0.717, 1.165) is 0 Å². The van der Waals surface area contributed by atoms with E-state index in [1.807, 2.05) is 0 Å². The molecule has 1 aromatic heterocycles. The fourth-order valence-corrected chi connectivity index (χ4v) is 4.54. The van der Waals surface area contributed by atoms with Crippen molar-refractivity contribution in [3.8, 4) is 5.88 Å². The summed E-state index contributed by atoms with van der Waals surface area (Å²) in [7, 11) is -3.10. The molecule has 0 unspecified atom stereocenters. The number of amides is 1. The first-order valence-corrected chi connectivity index (χ1v) is 8.77. The molecule has 0 aromatic carbocycles. The summed E-state index contributed by atoms with van der Waals surface area (Å²) in [6.45, 7) is 3.93. The lowest BCUT2D eigenvalue weighted by molar-refractivity contribution is 0.0909. The van der Waals surface area contributed by atoms with Crippen LogP contribution in [0.3, 0.4) is 0 Å². The molecule has 8 heteroatoms. The van der Waals surface area contributed by atoms with Crippen LogP contribution in [-0.4, -0.2) is 43.0 Å². The molecular formula is C13H17ClN2O4S. The number of carbonyl (C=O) groups is 1. The van der Waals surface area contributed by atoms with Gasteiger partial charge in [-0.15, -0.1) is 0 Å². The van der Waals surface area contributed by atoms with E-state index in [4.69, 9.17) is 16.3 Å². The molecule has 1 atom stereocenters. The fourth-order valence-electron chi connectivity index (χ4n) is 2.25. The van der Waals surface area contributed by atoms with Crippen LogP contribution < -0.4 is 10.1 Å². The Labute approximate surface area is 128 Å². The van der Waals surface area contributed by atoms with E-state index in [9.17, 15) is 13.2 Å². The average molecular weight is 333 g/mol. The number of pyridine rings is 1. The highest BCUT2D eigenvalue weighted by Gasteiger charge is 2.40. The second kappa shape index (κ2) is 5.81. The molecule has 0 radical (unpaired) electrons. The van der Waals surface area contributed by atoms with E-state index < -0.39 is 21.3 Å². The first kappa shape index (κ1) is 16.0. The molecule has 1 aliphatic heterocycles. The van der Waals surface area contributed by atoms with E-state index in [0.29, 0.717) is 18.9 Å². The molecule has 1 aromatic rings. The van der Waals surface area contributed by atoms with Gasteiger partial charge in [0.05, 0.1) is 28.7 Å². The van der Waals surface area contributed by atoms with Gasteiger partial charge in [-0.25, -0.2) is 13.4 Å². The Hall–Kier alpha value is -1.34. The van der Waals surface area contributed by atoms with Crippen LogP contribution in [0.5, 0.6) is 5.88 Å². The van der Waals surface area contributed by atoms with Gasteiger partial charge in [0.25, 0.3) is 5.91 Å². The third kappa shape index (κ3) is 3.85. The lowest BCUT2D eigenvalue weighted by Gasteiger charge is -2.23. The quantitative estimate of drug-likeness (QED) is 0.901. The maximum atomic E-state index is 12.3. The van der Waals surface area contributed by atoms with Crippen LogP contribution in [0.4, 0.5) is 0 Å². The van der Waals surface area contributed by atoms with Crippen LogP contribution in [0.2, 0.25) is 5.02 Å². The Kier molecular flexibility index (Phi) is 4.43. The van der Waals surface area contributed by atoms with Gasteiger partial charge in [-0.1, -0.05) is 11.6 Å². The minimum absolute atomic E-state index is 0.0353. The summed E-state index contributed by atoms with van der Waals surface area (Å²) in [6, 6.07) is 3.10. The predicted molar refractivity (Wildman–Crippen MR) is 79.6 cm³/mol. The second-order valence-corrected chi connectivity index (χ2v) is 7.86. The van der Waals surface area contributed by atoms with Gasteiger partial charge in [0.15, 0.2) is 15.5 Å². The minimum Gasteiger partial charge on any atom is -0.478 e. The zero-order valence-electron chi connectivity index (χ0n) is 11.8. The number of carbonyl (C=O) groups excluding carboxylic acids is 1. The summed E-state index contributed by atoms with van der Waals surface area (Å²) in [5, 5.41) is 2.91. The highest BCUT2D eigenvalue weighted by Crippen LogP contribution is 2.24. The summed E-state index contributed by atoms with van der Waals surface area (Å²) < 4.78 is 28.3. The van der Waals surface area contributed by atoms with Crippen molar-refractivity contribution in [2.24, 2.45) is 0 Å². The van der Waals surface area contributed by atoms with Gasteiger partial charge in [-0.3, -0.25) is 4.79 Å². The maximum Gasteiger partial charge on any atom is 0.272 e. The van der Waals surface area contributed by atoms with Gasteiger partial charge in [-0.05, 0) is 26.3 Å². The molecule has 21 heavy (non-hydrogen) atoms. The molecule has 116 valence electrons. The number of sulfone groups is 1. The zero-order valence-corrected chi connectivity index (χ0v) is 13.4. The lowest BCUT2D eigenvalue weighted by atomic mass is 10.0. The van der Waals surface area contributed by atoms with Gasteiger partial charge in [0.2, 0.25) is 5.88 Å². The molecule has 0 bridgehead atoms. The summed E-state index contributed by atoms with van der Waals surface area (Å²) in [4.78, 5) is 16.3. The number of rotatable bonds is 4. The highest BCUT2D eigenvalue weighted by atomic mass is 35.5. The fraction of sp³-hybridized carbons (Fsp3) is 0.538. The average Bonchev–Trinajstić information content (AvgIpc) is 2.65. The smallest absolute Gasteiger partial charge is 0.272 e. The van der Waals surface area contributed by atoms with E-state index in [1.165, 1.54) is 6.07 Å². The summed E-state index contributed by atoms with van der Waals surface area (Å²) >= 11 is 5.98. The summed E-state index contributed by atoms with van der Waals surface area (Å²) in [5.74, 6) is -0.198. The molecule has 0 aliphatic carbocycles. The predicted octanol–water partition coefficient (Wildman–Crippen LogP) is 1.44. The Morgan fingerprint density at radius 3 is 2.81 bits per heavy atom. The van der Waals surface area contributed by atoms with Gasteiger partial charge in [-0.2, -0.15) is 0 Å². The Morgan fingerprint density at radius 1 is 1.52 bits per heavy atom. The molecule has 1 amide bonds. The minimum atomic E-state index is -3.10. The molecular weight excluding hydrogens is 316 g/mol. The molecule has 2 rings (SSSR count). The van der Waals surface area contributed by atoms with Crippen LogP contribution in [0, 0.1) is 0 Å². The van der Waals surface area contributed by atoms with Crippen molar-refractivity contribution in [1.29, 1.82) is 0 Å². The molecule has 1 aliphatic rings. The van der Waals surface area contributed by atoms with Crippen molar-refractivity contribution < 1.29 is 17.9 Å². The standard InChI is InChI=1S/C13H17ClN2O4S/c1-3-20-10-5-4-9(14)11(15-10)12(17)16-13(2)6-7-21(18,19)8-13/h4-5H,3,6-8H2,1-2H3,(H,16,17)/t13-/m1/s1. The molecule has 6 nitrogen and oxygen atoms in total. The van der Waals surface area contributed by atoms with E-state index in [1.54, 1.807) is 19.9 Å². The van der Waals surface area contributed by atoms with Crippen LogP contribution in [-0.2, 0) is 9.84 Å². The molecule has 0 saturated carbocycles. The third-order valence-corrected chi connectivity index (χ3v) is 5.45. The molecule has 1 N–H and O–H groups in total. The van der Waals surface area contributed by atoms with Crippen molar-refractivity contribution in [2.45, 2.75) is 25.8 Å². The number of nitrogens with zero attached hydrogens (tertiary/aromatic N) is 1. The number of hydrogen-bond donors (Lipinski definition) is 1. The van der Waals surface area contributed by atoms with Gasteiger partial charge < -0.3 is 10.1 Å². The number of aromatic nitrogens is 1. The zero-order chi connectivity index (χ0) is 15.7. The van der Waals surface area contributed by atoms with Crippen molar-refractivity contribution in [3.05, 3.63) is 22.8 Å². The topological polar surface area (TPSA) is 85.4 Å². The van der Waals surface area contributed by atoms with Crippen molar-refractivity contribution in [1.82, 2.24) is 10.3 Å². The van der Waals surface area contributed by atoms with Crippen molar-refractivity contribution in [2.75, 3.05) is 18.1 Å². The largest absolute Gasteiger partial charge is 0.478 e. The lowest BCUT2D eigenvalue weighted by Crippen LogP contribution is -2.47. The van der Waals surface area contributed by atoms with Gasteiger partial charge >= 0.3 is 0 Å². The number of halogens is 1. The van der Waals surface area contributed by atoms with Gasteiger partial charge in [0, 0.05) is 6.07 Å². The molecule has 2 heterocycles. The molecule has 1 saturated heterocycles. The SMILES string of the molecule is CCOc1ccc(Cl)c(C(=O)N[C@]2(C)CCS(=O)(=O)C2)n1. The van der Waals surface area contributed by atoms with Crippen LogP contribution in [0.15, 0.2) is 12.1 Å². The van der Waals surface area contributed by atoms with E-state index in [2.05, 4.69) is 10.3 Å². The van der Waals surface area contributed by atoms with E-state index >= 15 is 0 Å². The summed E-state index contributed by atoms with van der Waals surface area (Å²) in [5.41, 5.74) is -0.754. The first-order valence-electron chi connectivity index (χ1n) is 6.57. The van der Waals surface area contributed by atoms with Crippen molar-refractivity contribution >= 4 is 27.3 Å². The highest BCUT2D eigenvalue weighted by molar-refractivity contribution is 7.91. The number of ether oxygens (including phenoxy) is 1. The number of hydrogen-bond acceptors (Lipinski definition) is 5. The molecule has 0 spiro atoms. The van der Waals surface area contributed by atoms with Crippen LogP contribution in [0.1, 0.15) is 30.8 Å². The van der Waals surface area contributed by atoms with Gasteiger partial charge in [0.1, 0.15) is 0 Å². The summed E-state index contributed by atoms with van der Waals surface area (Å²) in [6.07, 6.45) is 0.379. The normalized spacial score (nSPS) is 23.8. The Morgan fingerprint density at radius 2 is 2.24 bits per heavy atom. The third-order valence-electron chi connectivity index (χ3n) is 3.25.